The minimum absolute atomic E-state index is 0.0862. The van der Waals surface area contributed by atoms with Gasteiger partial charge in [-0.25, -0.2) is 9.13 Å². The molecule has 3 N–H and O–H groups in total. The summed E-state index contributed by atoms with van der Waals surface area (Å²) in [5, 5.41) is 10.6. The van der Waals surface area contributed by atoms with Crippen LogP contribution < -0.4 is 0 Å². The fourth-order valence-corrected chi connectivity index (χ4v) is 13.3. The van der Waals surface area contributed by atoms with E-state index in [2.05, 4.69) is 52.0 Å². The summed E-state index contributed by atoms with van der Waals surface area (Å²) in [6.45, 7) is 4.96. The van der Waals surface area contributed by atoms with Gasteiger partial charge in [-0.1, -0.05) is 347 Å². The van der Waals surface area contributed by atoms with Gasteiger partial charge >= 0.3 is 39.5 Å². The number of esters is 4. The number of carbonyl (C=O) groups excluding carboxylic acids is 4. The first-order valence-electron chi connectivity index (χ1n) is 40.6. The minimum Gasteiger partial charge on any atom is -0.462 e. The second-order valence-electron chi connectivity index (χ2n) is 27.8. The summed E-state index contributed by atoms with van der Waals surface area (Å²) in [6, 6.07) is 0. The molecule has 0 rings (SSSR count). The van der Waals surface area contributed by atoms with Crippen LogP contribution in [0.1, 0.15) is 400 Å². The maximum atomic E-state index is 13.1. The normalized spacial score (nSPS) is 14.0. The fourth-order valence-electron chi connectivity index (χ4n) is 11.7. The molecule has 0 amide bonds. The molecule has 0 aliphatic rings. The molecule has 0 bridgehead atoms. The zero-order chi connectivity index (χ0) is 71.8. The molecule has 0 radical (unpaired) electrons. The van der Waals surface area contributed by atoms with Crippen LogP contribution in [0.3, 0.4) is 0 Å². The Balaban J connectivity index is 5.30. The van der Waals surface area contributed by atoms with Crippen LogP contribution in [0.4, 0.5) is 0 Å². The third-order valence-electron chi connectivity index (χ3n) is 18.0. The molecule has 0 fully saturated rings. The van der Waals surface area contributed by atoms with E-state index in [1.54, 1.807) is 0 Å². The predicted octanol–water partition coefficient (Wildman–Crippen LogP) is 23.3. The van der Waals surface area contributed by atoms with Gasteiger partial charge in [0.25, 0.3) is 0 Å². The van der Waals surface area contributed by atoms with Gasteiger partial charge in [-0.2, -0.15) is 0 Å². The number of unbranched alkanes of at least 4 members (excludes halogenated alkanes) is 49. The van der Waals surface area contributed by atoms with Crippen LogP contribution in [0.2, 0.25) is 0 Å². The van der Waals surface area contributed by atoms with E-state index in [9.17, 15) is 43.2 Å². The minimum atomic E-state index is -4.97. The zero-order valence-corrected chi connectivity index (χ0v) is 65.0. The third kappa shape index (κ3) is 71.9. The van der Waals surface area contributed by atoms with Crippen molar-refractivity contribution in [2.75, 3.05) is 39.6 Å². The van der Waals surface area contributed by atoms with E-state index in [0.29, 0.717) is 25.7 Å². The number of hydrogen-bond acceptors (Lipinski definition) is 15. The SMILES string of the molecule is CCCCCC/C=C\C=C/CCCCCCCC(=O)O[C@H](COC(=O)CCCCCCCCCCCCCCCCC)COP(=O)(O)OC[C@@H](O)COP(=O)(O)OC[C@@H](COC(=O)CCCCCCCCCCCCCCC)OC(=O)CCCCCCCCCCCCCCCCC. The van der Waals surface area contributed by atoms with E-state index in [1.807, 2.05) is 0 Å². The monoisotopic (exact) mass is 1430 g/mol. The van der Waals surface area contributed by atoms with E-state index in [-0.39, 0.29) is 25.7 Å². The molecule has 0 aliphatic heterocycles. The molecule has 2 unspecified atom stereocenters. The van der Waals surface area contributed by atoms with Crippen molar-refractivity contribution in [2.24, 2.45) is 0 Å². The molecule has 0 aromatic rings. The molecule has 0 saturated carbocycles. The van der Waals surface area contributed by atoms with Gasteiger partial charge in [-0.3, -0.25) is 37.3 Å². The number of ether oxygens (including phenoxy) is 4. The van der Waals surface area contributed by atoms with Gasteiger partial charge in [-0.05, 0) is 51.4 Å². The lowest BCUT2D eigenvalue weighted by Crippen LogP contribution is -2.30. The van der Waals surface area contributed by atoms with Crippen LogP contribution in [0.25, 0.3) is 0 Å². The van der Waals surface area contributed by atoms with Crippen molar-refractivity contribution in [3.8, 4) is 0 Å². The molecular formula is C79H150O17P2. The molecule has 0 saturated heterocycles. The Hall–Kier alpha value is -2.46. The van der Waals surface area contributed by atoms with Crippen molar-refractivity contribution < 1.29 is 80.2 Å². The van der Waals surface area contributed by atoms with Gasteiger partial charge < -0.3 is 33.8 Å². The summed E-state index contributed by atoms with van der Waals surface area (Å²) in [7, 11) is -9.93. The average molecular weight is 1430 g/mol. The summed E-state index contributed by atoms with van der Waals surface area (Å²) < 4.78 is 68.6. The first kappa shape index (κ1) is 95.5. The van der Waals surface area contributed by atoms with Crippen molar-refractivity contribution in [1.82, 2.24) is 0 Å². The molecule has 578 valence electrons. The van der Waals surface area contributed by atoms with Gasteiger partial charge in [0, 0.05) is 25.7 Å². The second kappa shape index (κ2) is 72.9. The lowest BCUT2D eigenvalue weighted by atomic mass is 10.0. The quantitative estimate of drug-likeness (QED) is 0.0169. The second-order valence-corrected chi connectivity index (χ2v) is 30.7. The van der Waals surface area contributed by atoms with Gasteiger partial charge in [-0.15, -0.1) is 0 Å². The Morgan fingerprint density at radius 3 is 0.745 bits per heavy atom. The molecule has 19 heteroatoms. The molecule has 0 heterocycles. The molecule has 17 nitrogen and oxygen atoms in total. The maximum Gasteiger partial charge on any atom is 0.472 e. The Morgan fingerprint density at radius 2 is 0.490 bits per heavy atom. The summed E-state index contributed by atoms with van der Waals surface area (Å²) in [5.41, 5.74) is 0. The molecule has 98 heavy (non-hydrogen) atoms. The molecule has 5 atom stereocenters. The number of phosphoric acid groups is 2. The van der Waals surface area contributed by atoms with Crippen LogP contribution in [-0.4, -0.2) is 96.7 Å². The summed E-state index contributed by atoms with van der Waals surface area (Å²) in [4.78, 5) is 73.0. The van der Waals surface area contributed by atoms with Crippen LogP contribution in [0, 0.1) is 0 Å². The van der Waals surface area contributed by atoms with Gasteiger partial charge in [0.15, 0.2) is 12.2 Å². The summed E-state index contributed by atoms with van der Waals surface area (Å²) >= 11 is 0. The Bertz CT molecular complexity index is 1950. The van der Waals surface area contributed by atoms with Crippen LogP contribution in [-0.2, 0) is 65.4 Å². The van der Waals surface area contributed by atoms with E-state index < -0.39 is 97.5 Å². The zero-order valence-electron chi connectivity index (χ0n) is 63.2. The lowest BCUT2D eigenvalue weighted by molar-refractivity contribution is -0.161. The lowest BCUT2D eigenvalue weighted by Gasteiger charge is -2.21. The standard InChI is InChI=1S/C79H150O17P2/c1-5-9-13-17-21-25-29-33-36-40-44-48-52-56-60-64-77(82)90-70-75(96-79(84)66-62-58-54-50-46-42-38-35-31-27-23-19-15-11-7-3)72-94-98(87,88)92-68-73(80)67-91-97(85,86)93-71-74(69-89-76(81)63-59-55-51-47-43-39-32-28-24-20-16-12-8-4)95-78(83)65-61-57-53-49-45-41-37-34-30-26-22-18-14-10-6-2/h27,31,35,38,73-75,80H,5-26,28-30,32-34,36-37,39-72H2,1-4H3,(H,85,86)(H,87,88)/b31-27-,38-35-/t73-,74+,75+/m0/s1. The molecule has 0 aliphatic carbocycles. The highest BCUT2D eigenvalue weighted by Gasteiger charge is 2.30. The number of rotatable bonds is 78. The van der Waals surface area contributed by atoms with Gasteiger partial charge in [0.2, 0.25) is 0 Å². The number of carbonyl (C=O) groups is 4. The molecule has 0 aromatic carbocycles. The predicted molar refractivity (Wildman–Crippen MR) is 400 cm³/mol. The van der Waals surface area contributed by atoms with Crippen molar-refractivity contribution >= 4 is 39.5 Å². The maximum absolute atomic E-state index is 13.1. The van der Waals surface area contributed by atoms with E-state index in [1.165, 1.54) is 218 Å². The number of aliphatic hydroxyl groups is 1. The van der Waals surface area contributed by atoms with Crippen molar-refractivity contribution in [3.05, 3.63) is 24.3 Å². The molecule has 0 spiro atoms. The van der Waals surface area contributed by atoms with E-state index in [0.717, 1.165) is 103 Å². The Kier molecular flexibility index (Phi) is 71.0. The first-order chi connectivity index (χ1) is 47.7. The van der Waals surface area contributed by atoms with Crippen LogP contribution in [0.15, 0.2) is 24.3 Å². The van der Waals surface area contributed by atoms with Crippen LogP contribution in [0.5, 0.6) is 0 Å². The summed E-state index contributed by atoms with van der Waals surface area (Å²) in [6.07, 6.45) is 67.2. The van der Waals surface area contributed by atoms with Gasteiger partial charge in [0.1, 0.15) is 19.3 Å². The Labute approximate surface area is 599 Å². The topological polar surface area (TPSA) is 237 Å². The fraction of sp³-hybridized carbons (Fsp3) is 0.899. The largest absolute Gasteiger partial charge is 0.472 e. The summed E-state index contributed by atoms with van der Waals surface area (Å²) in [5.74, 6) is -2.14. The van der Waals surface area contributed by atoms with Gasteiger partial charge in [0.05, 0.1) is 26.4 Å². The highest BCUT2D eigenvalue weighted by atomic mass is 31.2. The Morgan fingerprint density at radius 1 is 0.286 bits per heavy atom. The number of allylic oxidation sites excluding steroid dienone is 4. The highest BCUT2D eigenvalue weighted by molar-refractivity contribution is 7.47. The molecular weight excluding hydrogens is 1280 g/mol. The number of phosphoric ester groups is 2. The van der Waals surface area contributed by atoms with Crippen molar-refractivity contribution in [2.45, 2.75) is 418 Å². The number of aliphatic hydroxyl groups excluding tert-OH is 1. The highest BCUT2D eigenvalue weighted by Crippen LogP contribution is 2.45. The van der Waals surface area contributed by atoms with Crippen molar-refractivity contribution in [3.63, 3.8) is 0 Å². The third-order valence-corrected chi connectivity index (χ3v) is 19.9. The molecule has 0 aromatic heterocycles. The smallest absolute Gasteiger partial charge is 0.462 e. The van der Waals surface area contributed by atoms with E-state index in [4.69, 9.17) is 37.0 Å². The van der Waals surface area contributed by atoms with Crippen LogP contribution >= 0.6 is 15.6 Å². The first-order valence-corrected chi connectivity index (χ1v) is 43.6. The van der Waals surface area contributed by atoms with Crippen molar-refractivity contribution in [1.29, 1.82) is 0 Å². The number of hydrogen-bond donors (Lipinski definition) is 3. The average Bonchev–Trinajstić information content (AvgIpc) is 1.04. The van der Waals surface area contributed by atoms with E-state index >= 15 is 0 Å².